The molecule has 0 fully saturated rings. The Labute approximate surface area is 116 Å². The average molecular weight is 281 g/mol. The van der Waals surface area contributed by atoms with Gasteiger partial charge in [-0.3, -0.25) is 14.9 Å². The van der Waals surface area contributed by atoms with Crippen LogP contribution < -0.4 is 5.32 Å². The molecule has 0 spiro atoms. The Morgan fingerprint density at radius 1 is 1.47 bits per heavy atom. The number of nitrogens with zero attached hydrogens (tertiary/aromatic N) is 1. The number of benzene rings is 1. The van der Waals surface area contributed by atoms with E-state index in [1.807, 2.05) is 0 Å². The minimum absolute atomic E-state index is 0.00979. The molecule has 6 heteroatoms. The first-order valence-corrected chi connectivity index (χ1v) is 6.09. The molecule has 0 aliphatic heterocycles. The molecule has 0 bridgehead atoms. The lowest BCUT2D eigenvalue weighted by atomic mass is 10.2. The van der Waals surface area contributed by atoms with Crippen molar-refractivity contribution < 1.29 is 9.72 Å². The van der Waals surface area contributed by atoms with Crippen LogP contribution in [0.2, 0.25) is 5.02 Å². The smallest absolute Gasteiger partial charge is 0.288 e. The molecule has 0 heterocycles. The number of hydrogen-bond acceptors (Lipinski definition) is 3. The summed E-state index contributed by atoms with van der Waals surface area (Å²) in [6.45, 7) is 0.483. The molecule has 0 saturated heterocycles. The summed E-state index contributed by atoms with van der Waals surface area (Å²) in [4.78, 5) is 21.8. The van der Waals surface area contributed by atoms with Gasteiger partial charge in [-0.1, -0.05) is 11.6 Å². The van der Waals surface area contributed by atoms with E-state index in [9.17, 15) is 14.9 Å². The van der Waals surface area contributed by atoms with E-state index in [0.29, 0.717) is 13.0 Å². The first-order chi connectivity index (χ1) is 9.06. The monoisotopic (exact) mass is 280 g/mol. The van der Waals surface area contributed by atoms with Crippen molar-refractivity contribution in [2.75, 3.05) is 6.54 Å². The van der Waals surface area contributed by atoms with Crippen LogP contribution in [0, 0.1) is 22.5 Å². The normalized spacial score (nSPS) is 9.68. The minimum Gasteiger partial charge on any atom is -0.352 e. The Bertz CT molecular complexity index is 523. The number of amides is 1. The van der Waals surface area contributed by atoms with Crippen molar-refractivity contribution in [2.45, 2.75) is 19.3 Å². The lowest BCUT2D eigenvalue weighted by molar-refractivity contribution is -0.384. The van der Waals surface area contributed by atoms with Crippen LogP contribution in [0.4, 0.5) is 5.69 Å². The molecule has 5 nitrogen and oxygen atoms in total. The Balaban J connectivity index is 2.60. The zero-order valence-electron chi connectivity index (χ0n) is 10.2. The molecule has 0 saturated carbocycles. The fourth-order valence-electron chi connectivity index (χ4n) is 1.45. The topological polar surface area (TPSA) is 72.2 Å². The van der Waals surface area contributed by atoms with Crippen LogP contribution in [0.15, 0.2) is 18.2 Å². The van der Waals surface area contributed by atoms with Gasteiger partial charge >= 0.3 is 0 Å². The van der Waals surface area contributed by atoms with Crippen molar-refractivity contribution in [3.05, 3.63) is 38.9 Å². The van der Waals surface area contributed by atoms with Gasteiger partial charge in [-0.15, -0.1) is 12.3 Å². The van der Waals surface area contributed by atoms with Crippen LogP contribution in [-0.4, -0.2) is 17.4 Å². The van der Waals surface area contributed by atoms with E-state index >= 15 is 0 Å². The number of nitro benzene ring substituents is 1. The first kappa shape index (κ1) is 15.0. The van der Waals surface area contributed by atoms with E-state index in [4.69, 9.17) is 18.0 Å². The molecular formula is C13H13ClN2O3. The Morgan fingerprint density at radius 2 is 2.21 bits per heavy atom. The number of nitro groups is 1. The predicted molar refractivity (Wildman–Crippen MR) is 73.1 cm³/mol. The van der Waals surface area contributed by atoms with Gasteiger partial charge in [0.15, 0.2) is 0 Å². The number of terminal acetylenes is 1. The second-order valence-electron chi connectivity index (χ2n) is 3.84. The highest BCUT2D eigenvalue weighted by Crippen LogP contribution is 2.24. The second kappa shape index (κ2) is 7.39. The van der Waals surface area contributed by atoms with Crippen molar-refractivity contribution in [3.63, 3.8) is 0 Å². The number of nitrogens with one attached hydrogen (secondary N) is 1. The summed E-state index contributed by atoms with van der Waals surface area (Å²) in [5.41, 5.74) is -0.0605. The van der Waals surface area contributed by atoms with Gasteiger partial charge in [0.25, 0.3) is 11.6 Å². The zero-order chi connectivity index (χ0) is 14.3. The van der Waals surface area contributed by atoms with E-state index in [0.717, 1.165) is 12.8 Å². The molecule has 1 aromatic rings. The quantitative estimate of drug-likeness (QED) is 0.377. The highest BCUT2D eigenvalue weighted by molar-refractivity contribution is 6.32. The molecule has 100 valence electrons. The van der Waals surface area contributed by atoms with Crippen molar-refractivity contribution in [3.8, 4) is 12.3 Å². The third kappa shape index (κ3) is 4.60. The number of halogens is 1. The van der Waals surface area contributed by atoms with Gasteiger partial charge in [-0.05, 0) is 25.0 Å². The fourth-order valence-corrected chi connectivity index (χ4v) is 1.64. The molecule has 0 atom stereocenters. The van der Waals surface area contributed by atoms with E-state index < -0.39 is 4.92 Å². The molecule has 0 unspecified atom stereocenters. The molecule has 1 rings (SSSR count). The summed E-state index contributed by atoms with van der Waals surface area (Å²) in [6, 6.07) is 3.96. The van der Waals surface area contributed by atoms with Crippen molar-refractivity contribution in [2.24, 2.45) is 0 Å². The van der Waals surface area contributed by atoms with E-state index in [1.54, 1.807) is 0 Å². The lowest BCUT2D eigenvalue weighted by Crippen LogP contribution is -2.24. The molecule has 0 aromatic heterocycles. The van der Waals surface area contributed by atoms with Gasteiger partial charge in [0.05, 0.1) is 4.92 Å². The number of carbonyl (C=O) groups is 1. The van der Waals surface area contributed by atoms with Crippen LogP contribution in [0.1, 0.15) is 29.6 Å². The van der Waals surface area contributed by atoms with Crippen LogP contribution in [-0.2, 0) is 0 Å². The highest BCUT2D eigenvalue weighted by atomic mass is 35.5. The van der Waals surface area contributed by atoms with E-state index in [-0.39, 0.29) is 22.2 Å². The van der Waals surface area contributed by atoms with Gasteiger partial charge in [0, 0.05) is 24.6 Å². The number of unbranched alkanes of at least 4 members (excludes halogenated alkanes) is 2. The molecule has 0 aliphatic rings. The Morgan fingerprint density at radius 3 is 2.84 bits per heavy atom. The Hall–Kier alpha value is -2.06. The Kier molecular flexibility index (Phi) is 5.83. The highest BCUT2D eigenvalue weighted by Gasteiger charge is 2.15. The molecule has 0 aliphatic carbocycles. The van der Waals surface area contributed by atoms with Gasteiger partial charge in [-0.2, -0.15) is 0 Å². The van der Waals surface area contributed by atoms with Crippen molar-refractivity contribution >= 4 is 23.2 Å². The maximum absolute atomic E-state index is 11.7. The third-order valence-electron chi connectivity index (χ3n) is 2.44. The number of carbonyl (C=O) groups excluding carboxylic acids is 1. The van der Waals surface area contributed by atoms with Crippen molar-refractivity contribution in [1.82, 2.24) is 5.32 Å². The number of rotatable bonds is 6. The molecule has 0 radical (unpaired) electrons. The molecular weight excluding hydrogens is 268 g/mol. The third-order valence-corrected chi connectivity index (χ3v) is 2.76. The summed E-state index contributed by atoms with van der Waals surface area (Å²) < 4.78 is 0. The maximum atomic E-state index is 11.7. The van der Waals surface area contributed by atoms with Gasteiger partial charge < -0.3 is 5.32 Å². The summed E-state index contributed by atoms with van der Waals surface area (Å²) in [6.07, 6.45) is 7.38. The summed E-state index contributed by atoms with van der Waals surface area (Å²) >= 11 is 5.67. The van der Waals surface area contributed by atoms with E-state index in [1.165, 1.54) is 18.2 Å². The minimum atomic E-state index is -0.619. The van der Waals surface area contributed by atoms with Crippen LogP contribution in [0.25, 0.3) is 0 Å². The van der Waals surface area contributed by atoms with Crippen LogP contribution in [0.3, 0.4) is 0 Å². The zero-order valence-corrected chi connectivity index (χ0v) is 10.9. The molecule has 1 N–H and O–H groups in total. The van der Waals surface area contributed by atoms with Crippen LogP contribution in [0.5, 0.6) is 0 Å². The maximum Gasteiger partial charge on any atom is 0.288 e. The van der Waals surface area contributed by atoms with Gasteiger partial charge in [0.2, 0.25) is 0 Å². The lowest BCUT2D eigenvalue weighted by Gasteiger charge is -2.05. The summed E-state index contributed by atoms with van der Waals surface area (Å²) in [7, 11) is 0. The van der Waals surface area contributed by atoms with Crippen molar-refractivity contribution in [1.29, 1.82) is 0 Å². The molecule has 1 aromatic carbocycles. The first-order valence-electron chi connectivity index (χ1n) is 5.72. The van der Waals surface area contributed by atoms with Crippen LogP contribution >= 0.6 is 11.6 Å². The average Bonchev–Trinajstić information content (AvgIpc) is 2.38. The molecule has 19 heavy (non-hydrogen) atoms. The summed E-state index contributed by atoms with van der Waals surface area (Å²) in [5.74, 6) is 2.15. The fraction of sp³-hybridized carbons (Fsp3) is 0.308. The summed E-state index contributed by atoms with van der Waals surface area (Å²) in [5, 5.41) is 13.4. The second-order valence-corrected chi connectivity index (χ2v) is 4.25. The SMILES string of the molecule is C#CCCCCNC(=O)c1ccc(Cl)c([N+](=O)[O-])c1. The van der Waals surface area contributed by atoms with Gasteiger partial charge in [-0.25, -0.2) is 0 Å². The predicted octanol–water partition coefficient (Wildman–Crippen LogP) is 2.78. The number of hydrogen-bond donors (Lipinski definition) is 1. The molecule has 1 amide bonds. The van der Waals surface area contributed by atoms with E-state index in [2.05, 4.69) is 11.2 Å². The largest absolute Gasteiger partial charge is 0.352 e. The van der Waals surface area contributed by atoms with Gasteiger partial charge in [0.1, 0.15) is 5.02 Å². The standard InChI is InChI=1S/C13H13ClN2O3/c1-2-3-4-5-8-15-13(17)10-6-7-11(14)12(9-10)16(18)19/h1,6-7,9H,3-5,8H2,(H,15,17).